The summed E-state index contributed by atoms with van der Waals surface area (Å²) in [5.41, 5.74) is 5.26. The Hall–Kier alpha value is -4.72. The van der Waals surface area contributed by atoms with Gasteiger partial charge in [-0.15, -0.1) is 0 Å². The Kier molecular flexibility index (Phi) is 8.83. The third kappa shape index (κ3) is 6.85. The number of alkyl halides is 3. The second kappa shape index (κ2) is 13.1. The number of halogens is 3. The lowest BCUT2D eigenvalue weighted by Crippen LogP contribution is -2.49. The minimum absolute atomic E-state index is 0.0142. The van der Waals surface area contributed by atoms with Gasteiger partial charge in [0.05, 0.1) is 5.56 Å². The second-order valence-corrected chi connectivity index (χ2v) is 11.5. The van der Waals surface area contributed by atoms with Gasteiger partial charge in [-0.25, -0.2) is 0 Å². The number of aryl methyl sites for hydroxylation is 1. The minimum atomic E-state index is -4.40. The highest BCUT2D eigenvalue weighted by atomic mass is 19.4. The molecule has 6 rings (SSSR count). The van der Waals surface area contributed by atoms with Crippen LogP contribution in [0.15, 0.2) is 103 Å². The predicted molar refractivity (Wildman–Crippen MR) is 172 cm³/mol. The van der Waals surface area contributed by atoms with Gasteiger partial charge < -0.3 is 19.5 Å². The third-order valence-electron chi connectivity index (χ3n) is 8.65. The Bertz CT molecular complexity index is 1760. The molecule has 45 heavy (non-hydrogen) atoms. The minimum Gasteiger partial charge on any atom is -0.489 e. The first-order chi connectivity index (χ1) is 21.8. The first-order valence-corrected chi connectivity index (χ1v) is 15.4. The average Bonchev–Trinajstić information content (AvgIpc) is 3.51. The van der Waals surface area contributed by atoms with Crippen LogP contribution in [0.3, 0.4) is 0 Å². The highest BCUT2D eigenvalue weighted by molar-refractivity contribution is 5.88. The lowest BCUT2D eigenvalue weighted by Gasteiger charge is -2.37. The van der Waals surface area contributed by atoms with Crippen molar-refractivity contribution in [3.05, 3.63) is 131 Å². The van der Waals surface area contributed by atoms with E-state index < -0.39 is 11.7 Å². The smallest absolute Gasteiger partial charge is 0.416 e. The number of H-pyrrole nitrogens is 1. The molecule has 1 atom stereocenters. The van der Waals surface area contributed by atoms with Crippen LogP contribution in [0, 0.1) is 0 Å². The van der Waals surface area contributed by atoms with E-state index >= 15 is 0 Å². The van der Waals surface area contributed by atoms with E-state index in [2.05, 4.69) is 30.1 Å². The quantitative estimate of drug-likeness (QED) is 0.183. The van der Waals surface area contributed by atoms with E-state index in [0.29, 0.717) is 38.5 Å². The molecule has 5 nitrogen and oxygen atoms in total. The van der Waals surface area contributed by atoms with E-state index in [1.165, 1.54) is 17.7 Å². The number of anilines is 1. The zero-order chi connectivity index (χ0) is 31.4. The Labute approximate surface area is 261 Å². The molecular formula is C37H36F3N3O2. The van der Waals surface area contributed by atoms with Crippen molar-refractivity contribution in [1.29, 1.82) is 0 Å². The van der Waals surface area contributed by atoms with E-state index in [1.54, 1.807) is 6.07 Å². The molecule has 0 radical (unpaired) electrons. The molecule has 2 heterocycles. The zero-order valence-electron chi connectivity index (χ0n) is 25.2. The number of carbonyl (C=O) groups excluding carboxylic acids is 1. The molecule has 0 unspecified atom stereocenters. The number of benzene rings is 4. The van der Waals surface area contributed by atoms with Crippen molar-refractivity contribution in [1.82, 2.24) is 9.88 Å². The molecule has 1 aliphatic rings. The molecule has 4 aromatic carbocycles. The summed E-state index contributed by atoms with van der Waals surface area (Å²) in [6.07, 6.45) is -1.23. The molecule has 8 heteroatoms. The molecule has 0 aliphatic carbocycles. The van der Waals surface area contributed by atoms with Crippen LogP contribution in [0.5, 0.6) is 5.75 Å². The number of aromatic nitrogens is 1. The molecule has 1 saturated heterocycles. The Morgan fingerprint density at radius 2 is 1.64 bits per heavy atom. The molecule has 1 amide bonds. The number of ether oxygens (including phenoxy) is 1. The number of para-hydroxylation sites is 1. The van der Waals surface area contributed by atoms with Crippen LogP contribution < -0.4 is 9.64 Å². The zero-order valence-corrected chi connectivity index (χ0v) is 25.2. The van der Waals surface area contributed by atoms with Gasteiger partial charge in [0.2, 0.25) is 5.91 Å². The molecular weight excluding hydrogens is 575 g/mol. The summed E-state index contributed by atoms with van der Waals surface area (Å²) in [7, 11) is 0. The SMILES string of the molecule is CCc1cccc2c([C@@H](CC(=O)N3CCN(c4cccc(C(F)(F)F)c4)CC3)c3cccc(OCc4ccccc4)c3)c[nH]c12. The summed E-state index contributed by atoms with van der Waals surface area (Å²) >= 11 is 0. The maximum atomic E-state index is 13.9. The standard InChI is InChI=1S/C37H36F3N3O2/c1-2-27-11-7-16-32-34(24-41-36(27)32)33(28-12-6-15-31(21-28)45-25-26-9-4-3-5-10-26)23-35(44)43-19-17-42(18-20-43)30-14-8-13-29(22-30)37(38,39)40/h3-16,21-22,24,33,41H,2,17-20,23,25H2,1H3/t33-/m0/s1. The van der Waals surface area contributed by atoms with Gasteiger partial charge in [-0.1, -0.05) is 73.7 Å². The largest absolute Gasteiger partial charge is 0.489 e. The summed E-state index contributed by atoms with van der Waals surface area (Å²) in [5.74, 6) is 0.526. The van der Waals surface area contributed by atoms with E-state index in [4.69, 9.17) is 4.74 Å². The van der Waals surface area contributed by atoms with Crippen LogP contribution in [0.4, 0.5) is 18.9 Å². The van der Waals surface area contributed by atoms with Crippen LogP contribution in [0.25, 0.3) is 10.9 Å². The van der Waals surface area contributed by atoms with Gasteiger partial charge in [-0.2, -0.15) is 13.2 Å². The topological polar surface area (TPSA) is 48.6 Å². The van der Waals surface area contributed by atoms with Crippen molar-refractivity contribution in [2.75, 3.05) is 31.1 Å². The van der Waals surface area contributed by atoms with Crippen molar-refractivity contribution in [3.63, 3.8) is 0 Å². The highest BCUT2D eigenvalue weighted by Gasteiger charge is 2.32. The number of aromatic amines is 1. The number of fused-ring (bicyclic) bond motifs is 1. The van der Waals surface area contributed by atoms with E-state index in [0.717, 1.165) is 45.8 Å². The Morgan fingerprint density at radius 3 is 2.40 bits per heavy atom. The maximum Gasteiger partial charge on any atom is 0.416 e. The van der Waals surface area contributed by atoms with Crippen LogP contribution >= 0.6 is 0 Å². The van der Waals surface area contributed by atoms with Crippen LogP contribution in [-0.2, 0) is 24.0 Å². The Balaban J connectivity index is 1.23. The van der Waals surface area contributed by atoms with Crippen LogP contribution in [0.1, 0.15) is 47.1 Å². The van der Waals surface area contributed by atoms with Crippen molar-refractivity contribution >= 4 is 22.5 Å². The molecule has 5 aromatic rings. The summed E-state index contributed by atoms with van der Waals surface area (Å²) in [5, 5.41) is 1.09. The molecule has 0 spiro atoms. The molecule has 1 fully saturated rings. The van der Waals surface area contributed by atoms with Gasteiger partial charge in [0, 0.05) is 61.3 Å². The molecule has 0 saturated carbocycles. The monoisotopic (exact) mass is 611 g/mol. The number of hydrogen-bond donors (Lipinski definition) is 1. The fraction of sp³-hybridized carbons (Fsp3) is 0.270. The summed E-state index contributed by atoms with van der Waals surface area (Å²) in [4.78, 5) is 21.1. The van der Waals surface area contributed by atoms with Crippen LogP contribution in [0.2, 0.25) is 0 Å². The number of nitrogens with zero attached hydrogens (tertiary/aromatic N) is 2. The van der Waals surface area contributed by atoms with E-state index in [-0.39, 0.29) is 18.2 Å². The van der Waals surface area contributed by atoms with Gasteiger partial charge >= 0.3 is 6.18 Å². The first kappa shape index (κ1) is 30.3. The van der Waals surface area contributed by atoms with Gasteiger partial charge in [-0.3, -0.25) is 4.79 Å². The maximum absolute atomic E-state index is 13.9. The number of rotatable bonds is 9. The fourth-order valence-corrected chi connectivity index (χ4v) is 6.19. The number of amides is 1. The summed E-state index contributed by atoms with van der Waals surface area (Å²) in [6, 6.07) is 29.6. The van der Waals surface area contributed by atoms with Crippen LogP contribution in [-0.4, -0.2) is 42.0 Å². The normalized spacial score (nSPS) is 14.5. The average molecular weight is 612 g/mol. The number of nitrogens with one attached hydrogen (secondary N) is 1. The molecule has 0 bridgehead atoms. The van der Waals surface area contributed by atoms with Gasteiger partial charge in [0.15, 0.2) is 0 Å². The molecule has 232 valence electrons. The summed E-state index contributed by atoms with van der Waals surface area (Å²) in [6.45, 7) is 4.38. The van der Waals surface area contributed by atoms with Crippen molar-refractivity contribution in [3.8, 4) is 5.75 Å². The second-order valence-electron chi connectivity index (χ2n) is 11.5. The first-order valence-electron chi connectivity index (χ1n) is 15.4. The van der Waals surface area contributed by atoms with Crippen molar-refractivity contribution in [2.45, 2.75) is 38.5 Å². The van der Waals surface area contributed by atoms with Gasteiger partial charge in [-0.05, 0) is 59.0 Å². The number of hydrogen-bond acceptors (Lipinski definition) is 3. The van der Waals surface area contributed by atoms with E-state index in [9.17, 15) is 18.0 Å². The van der Waals surface area contributed by atoms with Gasteiger partial charge in [0.25, 0.3) is 0 Å². The molecule has 1 aliphatic heterocycles. The van der Waals surface area contributed by atoms with E-state index in [1.807, 2.05) is 70.6 Å². The summed E-state index contributed by atoms with van der Waals surface area (Å²) < 4.78 is 46.0. The third-order valence-corrected chi connectivity index (χ3v) is 8.65. The van der Waals surface area contributed by atoms with Gasteiger partial charge in [0.1, 0.15) is 12.4 Å². The highest BCUT2D eigenvalue weighted by Crippen LogP contribution is 2.37. The number of carbonyl (C=O) groups is 1. The number of piperazine rings is 1. The van der Waals surface area contributed by atoms with Crippen molar-refractivity contribution in [2.24, 2.45) is 0 Å². The lowest BCUT2D eigenvalue weighted by atomic mass is 9.87. The fourth-order valence-electron chi connectivity index (χ4n) is 6.19. The predicted octanol–water partition coefficient (Wildman–Crippen LogP) is 8.20. The molecule has 1 N–H and O–H groups in total. The lowest BCUT2D eigenvalue weighted by molar-refractivity contribution is -0.137. The van der Waals surface area contributed by atoms with Crippen molar-refractivity contribution < 1.29 is 22.7 Å². The molecule has 1 aromatic heterocycles. The Morgan fingerprint density at radius 1 is 0.889 bits per heavy atom.